The molecule has 0 amide bonds. The number of furan rings is 1. The molecule has 6 nitrogen and oxygen atoms in total. The zero-order valence-corrected chi connectivity index (χ0v) is 17.2. The first kappa shape index (κ1) is 18.9. The van der Waals surface area contributed by atoms with Crippen molar-refractivity contribution < 1.29 is 9.15 Å². The normalized spacial score (nSPS) is 15.6. The van der Waals surface area contributed by atoms with Crippen molar-refractivity contribution in [1.82, 2.24) is 19.4 Å². The average molecular weight is 402 g/mol. The van der Waals surface area contributed by atoms with Gasteiger partial charge in [0.25, 0.3) is 0 Å². The molecule has 0 saturated carbocycles. The Morgan fingerprint density at radius 1 is 1.10 bits per heavy atom. The van der Waals surface area contributed by atoms with Gasteiger partial charge in [-0.2, -0.15) is 0 Å². The van der Waals surface area contributed by atoms with Crippen LogP contribution in [0.3, 0.4) is 0 Å². The van der Waals surface area contributed by atoms with Crippen molar-refractivity contribution in [2.45, 2.75) is 31.8 Å². The number of ether oxygens (including phenoxy) is 1. The van der Waals surface area contributed by atoms with Crippen LogP contribution >= 0.6 is 0 Å². The Bertz CT molecular complexity index is 1110. The lowest BCUT2D eigenvalue weighted by atomic mass is 10.0. The lowest BCUT2D eigenvalue weighted by Gasteiger charge is -2.33. The standard InChI is InChI=1S/C24H26N4O2/c1-29-21-5-2-4-18(14-21)15-23-26-22-6-3-10-25-24(22)28(23)20-7-11-27(12-8-20)16-19-9-13-30-17-19/h2-6,9-10,13-14,17,20H,7-8,11-12,15-16H2,1H3. The van der Waals surface area contributed by atoms with Crippen LogP contribution in [-0.4, -0.2) is 39.6 Å². The van der Waals surface area contributed by atoms with Crippen molar-refractivity contribution in [2.75, 3.05) is 20.2 Å². The number of nitrogens with zero attached hydrogens (tertiary/aromatic N) is 4. The fourth-order valence-corrected chi connectivity index (χ4v) is 4.43. The van der Waals surface area contributed by atoms with Crippen LogP contribution in [0.25, 0.3) is 11.2 Å². The van der Waals surface area contributed by atoms with Gasteiger partial charge in [-0.15, -0.1) is 0 Å². The number of benzene rings is 1. The van der Waals surface area contributed by atoms with Crippen LogP contribution in [0, 0.1) is 0 Å². The first-order valence-corrected chi connectivity index (χ1v) is 10.5. The summed E-state index contributed by atoms with van der Waals surface area (Å²) >= 11 is 0. The molecule has 6 heteroatoms. The summed E-state index contributed by atoms with van der Waals surface area (Å²) in [5.41, 5.74) is 4.39. The van der Waals surface area contributed by atoms with Gasteiger partial charge in [0, 0.05) is 43.9 Å². The molecule has 0 aliphatic carbocycles. The SMILES string of the molecule is COc1cccc(Cc2nc3cccnc3n2C2CCN(Cc3ccoc3)CC2)c1. The first-order chi connectivity index (χ1) is 14.8. The molecule has 1 fully saturated rings. The van der Waals surface area contributed by atoms with E-state index in [1.54, 1.807) is 13.4 Å². The van der Waals surface area contributed by atoms with E-state index < -0.39 is 0 Å². The van der Waals surface area contributed by atoms with Gasteiger partial charge in [-0.3, -0.25) is 4.90 Å². The van der Waals surface area contributed by atoms with Gasteiger partial charge in [0.15, 0.2) is 5.65 Å². The lowest BCUT2D eigenvalue weighted by molar-refractivity contribution is 0.179. The van der Waals surface area contributed by atoms with Crippen molar-refractivity contribution in [3.05, 3.63) is 78.1 Å². The number of fused-ring (bicyclic) bond motifs is 1. The fraction of sp³-hybridized carbons (Fsp3) is 0.333. The minimum Gasteiger partial charge on any atom is -0.497 e. The van der Waals surface area contributed by atoms with Crippen molar-refractivity contribution >= 4 is 11.2 Å². The summed E-state index contributed by atoms with van der Waals surface area (Å²) in [6.45, 7) is 3.06. The molecule has 1 aromatic carbocycles. The Hall–Kier alpha value is -3.12. The summed E-state index contributed by atoms with van der Waals surface area (Å²) in [6.07, 6.45) is 8.39. The van der Waals surface area contributed by atoms with E-state index in [4.69, 9.17) is 14.1 Å². The van der Waals surface area contributed by atoms with Gasteiger partial charge in [0.1, 0.15) is 17.1 Å². The number of rotatable bonds is 6. The molecule has 0 spiro atoms. The van der Waals surface area contributed by atoms with E-state index in [0.29, 0.717) is 6.04 Å². The zero-order chi connectivity index (χ0) is 20.3. The lowest BCUT2D eigenvalue weighted by Crippen LogP contribution is -2.34. The molecule has 0 radical (unpaired) electrons. The minimum atomic E-state index is 0.408. The highest BCUT2D eigenvalue weighted by molar-refractivity contribution is 5.71. The molecule has 4 heterocycles. The third kappa shape index (κ3) is 3.83. The third-order valence-electron chi connectivity index (χ3n) is 5.93. The number of likely N-dealkylation sites (tertiary alicyclic amines) is 1. The van der Waals surface area contributed by atoms with Gasteiger partial charge in [-0.25, -0.2) is 9.97 Å². The molecule has 154 valence electrons. The van der Waals surface area contributed by atoms with Crippen LogP contribution in [0.4, 0.5) is 0 Å². The smallest absolute Gasteiger partial charge is 0.160 e. The van der Waals surface area contributed by atoms with Crippen molar-refractivity contribution in [3.8, 4) is 5.75 Å². The topological polar surface area (TPSA) is 56.3 Å². The van der Waals surface area contributed by atoms with Crippen LogP contribution in [-0.2, 0) is 13.0 Å². The fourth-order valence-electron chi connectivity index (χ4n) is 4.43. The minimum absolute atomic E-state index is 0.408. The van der Waals surface area contributed by atoms with Crippen LogP contribution in [0.1, 0.15) is 35.8 Å². The Balaban J connectivity index is 1.40. The molecular formula is C24H26N4O2. The molecule has 4 aromatic rings. The summed E-state index contributed by atoms with van der Waals surface area (Å²) in [6, 6.07) is 14.7. The van der Waals surface area contributed by atoms with Gasteiger partial charge in [0.2, 0.25) is 0 Å². The first-order valence-electron chi connectivity index (χ1n) is 10.5. The quantitative estimate of drug-likeness (QED) is 0.477. The number of hydrogen-bond acceptors (Lipinski definition) is 5. The van der Waals surface area contributed by atoms with Crippen LogP contribution < -0.4 is 4.74 Å². The van der Waals surface area contributed by atoms with Crippen molar-refractivity contribution in [1.29, 1.82) is 0 Å². The largest absolute Gasteiger partial charge is 0.497 e. The zero-order valence-electron chi connectivity index (χ0n) is 17.2. The monoisotopic (exact) mass is 402 g/mol. The van der Waals surface area contributed by atoms with Crippen LogP contribution in [0.15, 0.2) is 65.6 Å². The number of imidazole rings is 1. The summed E-state index contributed by atoms with van der Waals surface area (Å²) < 4.78 is 13.0. The highest BCUT2D eigenvalue weighted by Crippen LogP contribution is 2.30. The molecule has 3 aromatic heterocycles. The predicted molar refractivity (Wildman–Crippen MR) is 116 cm³/mol. The third-order valence-corrected chi connectivity index (χ3v) is 5.93. The molecule has 5 rings (SSSR count). The summed E-state index contributed by atoms with van der Waals surface area (Å²) in [4.78, 5) is 12.1. The van der Waals surface area contributed by atoms with Crippen LogP contribution in [0.5, 0.6) is 5.75 Å². The second-order valence-corrected chi connectivity index (χ2v) is 7.91. The second-order valence-electron chi connectivity index (χ2n) is 7.91. The Kier molecular flexibility index (Phi) is 5.24. The number of pyridine rings is 1. The predicted octanol–water partition coefficient (Wildman–Crippen LogP) is 4.46. The van der Waals surface area contributed by atoms with E-state index >= 15 is 0 Å². The van der Waals surface area contributed by atoms with E-state index in [9.17, 15) is 0 Å². The molecule has 0 N–H and O–H groups in total. The highest BCUT2D eigenvalue weighted by Gasteiger charge is 2.25. The van der Waals surface area contributed by atoms with Gasteiger partial charge >= 0.3 is 0 Å². The molecule has 0 atom stereocenters. The number of aromatic nitrogens is 3. The molecule has 1 saturated heterocycles. The van der Waals surface area contributed by atoms with E-state index in [0.717, 1.165) is 61.6 Å². The molecule has 0 bridgehead atoms. The summed E-state index contributed by atoms with van der Waals surface area (Å²) in [7, 11) is 1.70. The second kappa shape index (κ2) is 8.32. The Morgan fingerprint density at radius 2 is 2.00 bits per heavy atom. The molecular weight excluding hydrogens is 376 g/mol. The summed E-state index contributed by atoms with van der Waals surface area (Å²) in [5, 5.41) is 0. The Labute approximate surface area is 176 Å². The van der Waals surface area contributed by atoms with Crippen LogP contribution in [0.2, 0.25) is 0 Å². The maximum Gasteiger partial charge on any atom is 0.160 e. The van der Waals surface area contributed by atoms with Gasteiger partial charge in [0.05, 0.1) is 19.6 Å². The van der Waals surface area contributed by atoms with Gasteiger partial charge in [-0.05, 0) is 48.7 Å². The van der Waals surface area contributed by atoms with Crippen molar-refractivity contribution in [2.24, 2.45) is 0 Å². The van der Waals surface area contributed by atoms with E-state index in [1.807, 2.05) is 36.7 Å². The highest BCUT2D eigenvalue weighted by atomic mass is 16.5. The molecule has 1 aliphatic heterocycles. The summed E-state index contributed by atoms with van der Waals surface area (Å²) in [5.74, 6) is 1.95. The Morgan fingerprint density at radius 3 is 2.80 bits per heavy atom. The van der Waals surface area contributed by atoms with Gasteiger partial charge < -0.3 is 13.7 Å². The van der Waals surface area contributed by atoms with E-state index in [1.165, 1.54) is 11.1 Å². The van der Waals surface area contributed by atoms with E-state index in [-0.39, 0.29) is 0 Å². The molecule has 0 unspecified atom stereocenters. The number of methoxy groups -OCH3 is 1. The molecule has 1 aliphatic rings. The van der Waals surface area contributed by atoms with Gasteiger partial charge in [-0.1, -0.05) is 12.1 Å². The van der Waals surface area contributed by atoms with Crippen molar-refractivity contribution in [3.63, 3.8) is 0 Å². The maximum atomic E-state index is 5.40. The number of piperidine rings is 1. The van der Waals surface area contributed by atoms with E-state index in [2.05, 4.69) is 32.7 Å². The number of hydrogen-bond donors (Lipinski definition) is 0. The average Bonchev–Trinajstić information content (AvgIpc) is 3.42. The molecule has 30 heavy (non-hydrogen) atoms. The maximum absolute atomic E-state index is 5.40.